The number of rotatable bonds is 0. The first-order valence-electron chi connectivity index (χ1n) is 4.57. The Hall–Kier alpha value is -0.720. The topological polar surface area (TPSA) is 15.8 Å². The van der Waals surface area contributed by atoms with Gasteiger partial charge in [-0.3, -0.25) is 0 Å². The molecular weight excluding hydrogens is 134 g/mol. The lowest BCUT2D eigenvalue weighted by molar-refractivity contribution is 0.539. The van der Waals surface area contributed by atoms with Gasteiger partial charge in [-0.15, -0.1) is 0 Å². The Balaban J connectivity index is 2.16. The average Bonchev–Trinajstić information content (AvgIpc) is 2.63. The summed E-state index contributed by atoms with van der Waals surface area (Å²) in [4.78, 5) is 3.35. The van der Waals surface area contributed by atoms with E-state index in [1.807, 2.05) is 0 Å². The van der Waals surface area contributed by atoms with Crippen molar-refractivity contribution in [3.05, 3.63) is 23.5 Å². The lowest BCUT2D eigenvalue weighted by Gasteiger charge is -2.21. The summed E-state index contributed by atoms with van der Waals surface area (Å²) in [7, 11) is 0. The lowest BCUT2D eigenvalue weighted by atomic mass is 9.84. The number of fused-ring (bicyclic) bond motifs is 2. The highest BCUT2D eigenvalue weighted by atomic mass is 14.7. The number of aryl methyl sites for hydroxylation is 1. The molecule has 0 aliphatic heterocycles. The van der Waals surface area contributed by atoms with Crippen molar-refractivity contribution in [2.45, 2.75) is 37.5 Å². The molecule has 58 valence electrons. The Morgan fingerprint density at radius 2 is 2.18 bits per heavy atom. The van der Waals surface area contributed by atoms with Crippen molar-refractivity contribution in [2.24, 2.45) is 0 Å². The zero-order valence-corrected chi connectivity index (χ0v) is 6.69. The molecule has 0 aromatic carbocycles. The van der Waals surface area contributed by atoms with E-state index in [2.05, 4.69) is 17.2 Å². The third kappa shape index (κ3) is 0.661. The third-order valence-corrected chi connectivity index (χ3v) is 3.34. The van der Waals surface area contributed by atoms with E-state index in [-0.39, 0.29) is 0 Å². The maximum Gasteiger partial charge on any atom is 0.0185 e. The molecule has 1 N–H and O–H groups in total. The van der Waals surface area contributed by atoms with Crippen molar-refractivity contribution in [1.29, 1.82) is 0 Å². The molecular formula is C10H13N. The van der Waals surface area contributed by atoms with Crippen LogP contribution in [0.15, 0.2) is 12.3 Å². The van der Waals surface area contributed by atoms with E-state index >= 15 is 0 Å². The Morgan fingerprint density at radius 3 is 3.00 bits per heavy atom. The third-order valence-electron chi connectivity index (χ3n) is 3.34. The van der Waals surface area contributed by atoms with Crippen LogP contribution in [-0.2, 0) is 11.8 Å². The lowest BCUT2D eigenvalue weighted by Crippen LogP contribution is -2.14. The summed E-state index contributed by atoms with van der Waals surface area (Å²) in [5, 5.41) is 0. The van der Waals surface area contributed by atoms with Crippen molar-refractivity contribution >= 4 is 0 Å². The van der Waals surface area contributed by atoms with E-state index in [4.69, 9.17) is 0 Å². The minimum absolute atomic E-state index is 0.660. The van der Waals surface area contributed by atoms with Gasteiger partial charge in [0, 0.05) is 11.9 Å². The fraction of sp³-hybridized carbons (Fsp3) is 0.600. The molecule has 1 heteroatoms. The van der Waals surface area contributed by atoms with Crippen molar-refractivity contribution < 1.29 is 0 Å². The number of H-pyrrole nitrogens is 1. The second-order valence-corrected chi connectivity index (χ2v) is 4.00. The highest BCUT2D eigenvalue weighted by Crippen LogP contribution is 2.55. The Kier molecular flexibility index (Phi) is 0.913. The summed E-state index contributed by atoms with van der Waals surface area (Å²) < 4.78 is 0. The van der Waals surface area contributed by atoms with Crippen LogP contribution in [0.1, 0.15) is 36.9 Å². The molecule has 0 unspecified atom stereocenters. The number of aromatic amines is 1. The quantitative estimate of drug-likeness (QED) is 0.580. The van der Waals surface area contributed by atoms with E-state index in [0.717, 1.165) is 0 Å². The number of hydrogen-bond donors (Lipinski definition) is 1. The maximum absolute atomic E-state index is 3.35. The smallest absolute Gasteiger partial charge is 0.0185 e. The van der Waals surface area contributed by atoms with Crippen molar-refractivity contribution in [2.75, 3.05) is 0 Å². The summed E-state index contributed by atoms with van der Waals surface area (Å²) >= 11 is 0. The summed E-state index contributed by atoms with van der Waals surface area (Å²) in [5.41, 5.74) is 3.82. The zero-order chi connectivity index (χ0) is 7.31. The van der Waals surface area contributed by atoms with Crippen LogP contribution in [0, 0.1) is 0 Å². The van der Waals surface area contributed by atoms with Gasteiger partial charge in [0.1, 0.15) is 0 Å². The molecule has 1 heterocycles. The highest BCUT2D eigenvalue weighted by Gasteiger charge is 2.46. The second kappa shape index (κ2) is 1.71. The largest absolute Gasteiger partial charge is 0.365 e. The molecule has 0 saturated heterocycles. The van der Waals surface area contributed by atoms with Gasteiger partial charge in [0.05, 0.1) is 0 Å². The van der Waals surface area contributed by atoms with Crippen molar-refractivity contribution in [3.63, 3.8) is 0 Å². The molecule has 1 spiro atoms. The highest BCUT2D eigenvalue weighted by molar-refractivity contribution is 5.37. The Labute approximate surface area is 66.8 Å². The average molecular weight is 147 g/mol. The van der Waals surface area contributed by atoms with Crippen molar-refractivity contribution in [3.8, 4) is 0 Å². The van der Waals surface area contributed by atoms with Crippen LogP contribution >= 0.6 is 0 Å². The molecule has 1 fully saturated rings. The second-order valence-electron chi connectivity index (χ2n) is 4.00. The minimum Gasteiger partial charge on any atom is -0.365 e. The first kappa shape index (κ1) is 5.87. The van der Waals surface area contributed by atoms with Crippen LogP contribution in [0.5, 0.6) is 0 Å². The van der Waals surface area contributed by atoms with E-state index in [1.54, 1.807) is 5.56 Å². The molecule has 0 bridgehead atoms. The number of nitrogens with one attached hydrogen (secondary N) is 1. The molecule has 2 aliphatic carbocycles. The van der Waals surface area contributed by atoms with E-state index in [1.165, 1.54) is 37.8 Å². The molecule has 1 aromatic heterocycles. The number of aromatic nitrogens is 1. The van der Waals surface area contributed by atoms with Crippen LogP contribution in [0.2, 0.25) is 0 Å². The SMILES string of the molecule is c1cc2c([nH]1)CCCC21CC1. The van der Waals surface area contributed by atoms with Gasteiger partial charge < -0.3 is 4.98 Å². The maximum atomic E-state index is 3.35. The molecule has 2 aliphatic rings. The van der Waals surface area contributed by atoms with Gasteiger partial charge in [-0.2, -0.15) is 0 Å². The monoisotopic (exact) mass is 147 g/mol. The van der Waals surface area contributed by atoms with Crippen LogP contribution in [0.3, 0.4) is 0 Å². The Bertz CT molecular complexity index is 281. The van der Waals surface area contributed by atoms with E-state index in [9.17, 15) is 0 Å². The fourth-order valence-electron chi connectivity index (χ4n) is 2.52. The minimum atomic E-state index is 0.660. The summed E-state index contributed by atoms with van der Waals surface area (Å²) in [6, 6.07) is 2.29. The van der Waals surface area contributed by atoms with Crippen molar-refractivity contribution in [1.82, 2.24) is 4.98 Å². The van der Waals surface area contributed by atoms with Gasteiger partial charge in [-0.05, 0) is 49.1 Å². The van der Waals surface area contributed by atoms with Crippen LogP contribution in [0.4, 0.5) is 0 Å². The van der Waals surface area contributed by atoms with Gasteiger partial charge >= 0.3 is 0 Å². The Morgan fingerprint density at radius 1 is 1.27 bits per heavy atom. The van der Waals surface area contributed by atoms with Crippen LogP contribution in [0.25, 0.3) is 0 Å². The number of hydrogen-bond acceptors (Lipinski definition) is 0. The summed E-state index contributed by atoms with van der Waals surface area (Å²) in [6.07, 6.45) is 9.11. The molecule has 11 heavy (non-hydrogen) atoms. The summed E-state index contributed by atoms with van der Waals surface area (Å²) in [5.74, 6) is 0. The predicted molar refractivity (Wildman–Crippen MR) is 44.6 cm³/mol. The van der Waals surface area contributed by atoms with Gasteiger partial charge in [-0.1, -0.05) is 0 Å². The standard InChI is InChI=1S/C10H13N/c1-2-9-8(3-7-11-9)10(4-1)5-6-10/h3,7,11H,1-2,4-6H2. The molecule has 0 radical (unpaired) electrons. The predicted octanol–water partition coefficient (Wildman–Crippen LogP) is 2.38. The zero-order valence-electron chi connectivity index (χ0n) is 6.69. The molecule has 1 nitrogen and oxygen atoms in total. The molecule has 3 rings (SSSR count). The first-order chi connectivity index (χ1) is 5.41. The molecule has 0 amide bonds. The summed E-state index contributed by atoms with van der Waals surface area (Å²) in [6.45, 7) is 0. The van der Waals surface area contributed by atoms with Gasteiger partial charge in [-0.25, -0.2) is 0 Å². The van der Waals surface area contributed by atoms with Crippen LogP contribution < -0.4 is 0 Å². The fourth-order valence-corrected chi connectivity index (χ4v) is 2.52. The molecule has 1 aromatic rings. The van der Waals surface area contributed by atoms with E-state index in [0.29, 0.717) is 5.41 Å². The van der Waals surface area contributed by atoms with Gasteiger partial charge in [0.25, 0.3) is 0 Å². The normalized spacial score (nSPS) is 25.1. The van der Waals surface area contributed by atoms with Gasteiger partial charge in [0.2, 0.25) is 0 Å². The van der Waals surface area contributed by atoms with E-state index < -0.39 is 0 Å². The van der Waals surface area contributed by atoms with Crippen LogP contribution in [-0.4, -0.2) is 4.98 Å². The molecule has 1 saturated carbocycles. The molecule has 0 atom stereocenters. The first-order valence-corrected chi connectivity index (χ1v) is 4.57. The van der Waals surface area contributed by atoms with Gasteiger partial charge in [0.15, 0.2) is 0 Å².